The topological polar surface area (TPSA) is 49.4 Å². The molecule has 2 rings (SSSR count). The van der Waals surface area contributed by atoms with Gasteiger partial charge in [-0.15, -0.1) is 6.42 Å². The number of nitrogens with zero attached hydrogens (tertiary/aromatic N) is 1. The number of rotatable bonds is 6. The third-order valence-corrected chi connectivity index (χ3v) is 5.37. The molecule has 0 amide bonds. The number of benzene rings is 1. The Morgan fingerprint density at radius 2 is 2.15 bits per heavy atom. The first-order chi connectivity index (χ1) is 9.45. The van der Waals surface area contributed by atoms with Gasteiger partial charge in [0.2, 0.25) is 10.0 Å². The van der Waals surface area contributed by atoms with E-state index < -0.39 is 10.0 Å². The van der Waals surface area contributed by atoms with Crippen LogP contribution in [0.15, 0.2) is 23.1 Å². The van der Waals surface area contributed by atoms with Gasteiger partial charge in [-0.25, -0.2) is 8.42 Å². The SMILES string of the molecule is C#CCN(C)S(=O)(=O)c1cc(CNC2CC2)ccc1C. The van der Waals surface area contributed by atoms with E-state index >= 15 is 0 Å². The van der Waals surface area contributed by atoms with Crippen molar-refractivity contribution in [3.8, 4) is 12.3 Å². The van der Waals surface area contributed by atoms with E-state index in [0.717, 1.165) is 11.1 Å². The summed E-state index contributed by atoms with van der Waals surface area (Å²) in [4.78, 5) is 0.338. The Bertz CT molecular complexity index is 628. The Balaban J connectivity index is 2.24. The van der Waals surface area contributed by atoms with Crippen LogP contribution < -0.4 is 5.32 Å². The minimum atomic E-state index is -3.51. The summed E-state index contributed by atoms with van der Waals surface area (Å²) in [6.45, 7) is 2.58. The zero-order valence-corrected chi connectivity index (χ0v) is 12.7. The first-order valence-electron chi connectivity index (χ1n) is 6.68. The maximum atomic E-state index is 12.5. The van der Waals surface area contributed by atoms with Crippen LogP contribution in [0.5, 0.6) is 0 Å². The molecular weight excluding hydrogens is 272 g/mol. The van der Waals surface area contributed by atoms with Crippen LogP contribution in [0.4, 0.5) is 0 Å². The van der Waals surface area contributed by atoms with Crippen molar-refractivity contribution in [3.63, 3.8) is 0 Å². The molecule has 0 spiro atoms. The van der Waals surface area contributed by atoms with Gasteiger partial charge in [0.15, 0.2) is 0 Å². The minimum absolute atomic E-state index is 0.0757. The summed E-state index contributed by atoms with van der Waals surface area (Å²) >= 11 is 0. The Hall–Kier alpha value is -1.35. The molecule has 0 unspecified atom stereocenters. The molecular formula is C15H20N2O2S. The van der Waals surface area contributed by atoms with Crippen molar-refractivity contribution in [3.05, 3.63) is 29.3 Å². The number of hydrogen-bond donors (Lipinski definition) is 1. The fourth-order valence-corrected chi connectivity index (χ4v) is 3.32. The number of hydrogen-bond acceptors (Lipinski definition) is 3. The molecule has 0 aliphatic heterocycles. The molecule has 1 aliphatic rings. The predicted molar refractivity (Wildman–Crippen MR) is 79.7 cm³/mol. The fraction of sp³-hybridized carbons (Fsp3) is 0.467. The van der Waals surface area contributed by atoms with Crippen molar-refractivity contribution in [1.29, 1.82) is 0 Å². The standard InChI is InChI=1S/C15H20N2O2S/c1-4-9-17(3)20(18,19)15-10-13(6-5-12(15)2)11-16-14-7-8-14/h1,5-6,10,14,16H,7-9,11H2,2-3H3. The van der Waals surface area contributed by atoms with E-state index in [-0.39, 0.29) is 6.54 Å². The lowest BCUT2D eigenvalue weighted by molar-refractivity contribution is 0.502. The molecule has 20 heavy (non-hydrogen) atoms. The van der Waals surface area contributed by atoms with Crippen LogP contribution in [0, 0.1) is 19.3 Å². The van der Waals surface area contributed by atoms with E-state index in [1.54, 1.807) is 13.0 Å². The number of terminal acetylenes is 1. The summed E-state index contributed by atoms with van der Waals surface area (Å²) in [6, 6.07) is 6.15. The molecule has 0 radical (unpaired) electrons. The average Bonchev–Trinajstić information content (AvgIpc) is 3.22. The lowest BCUT2D eigenvalue weighted by Crippen LogP contribution is -2.28. The molecule has 0 aromatic heterocycles. The molecule has 1 N–H and O–H groups in total. The highest BCUT2D eigenvalue weighted by Crippen LogP contribution is 2.22. The van der Waals surface area contributed by atoms with E-state index in [1.165, 1.54) is 24.2 Å². The average molecular weight is 292 g/mol. The molecule has 0 bridgehead atoms. The molecule has 0 heterocycles. The second kappa shape index (κ2) is 5.96. The largest absolute Gasteiger partial charge is 0.310 e. The van der Waals surface area contributed by atoms with Crippen molar-refractivity contribution < 1.29 is 8.42 Å². The van der Waals surface area contributed by atoms with Gasteiger partial charge in [-0.2, -0.15) is 4.31 Å². The van der Waals surface area contributed by atoms with Gasteiger partial charge in [0.05, 0.1) is 11.4 Å². The quantitative estimate of drug-likeness (QED) is 0.808. The van der Waals surface area contributed by atoms with E-state index in [4.69, 9.17) is 6.42 Å². The molecule has 1 aromatic rings. The predicted octanol–water partition coefficient (Wildman–Crippen LogP) is 1.50. The number of nitrogens with one attached hydrogen (secondary N) is 1. The van der Waals surface area contributed by atoms with Crippen LogP contribution >= 0.6 is 0 Å². The van der Waals surface area contributed by atoms with Crippen molar-refractivity contribution in [2.24, 2.45) is 0 Å². The van der Waals surface area contributed by atoms with Crippen LogP contribution in [-0.2, 0) is 16.6 Å². The lowest BCUT2D eigenvalue weighted by atomic mass is 10.1. The fourth-order valence-electron chi connectivity index (χ4n) is 1.96. The second-order valence-corrected chi connectivity index (χ2v) is 7.23. The lowest BCUT2D eigenvalue weighted by Gasteiger charge is -2.17. The van der Waals surface area contributed by atoms with Crippen molar-refractivity contribution >= 4 is 10.0 Å². The van der Waals surface area contributed by atoms with Gasteiger partial charge in [-0.3, -0.25) is 0 Å². The van der Waals surface area contributed by atoms with Gasteiger partial charge in [-0.1, -0.05) is 18.1 Å². The molecule has 0 atom stereocenters. The van der Waals surface area contributed by atoms with Crippen molar-refractivity contribution in [2.75, 3.05) is 13.6 Å². The highest BCUT2D eigenvalue weighted by Gasteiger charge is 2.23. The summed E-state index contributed by atoms with van der Waals surface area (Å²) in [5.41, 5.74) is 1.72. The first kappa shape index (κ1) is 15.0. The van der Waals surface area contributed by atoms with Crippen LogP contribution in [0.1, 0.15) is 24.0 Å². The Labute approximate surface area is 121 Å². The van der Waals surface area contributed by atoms with E-state index in [0.29, 0.717) is 17.5 Å². The summed E-state index contributed by atoms with van der Waals surface area (Å²) in [7, 11) is -2.01. The summed E-state index contributed by atoms with van der Waals surface area (Å²) in [5.74, 6) is 2.36. The Morgan fingerprint density at radius 3 is 2.75 bits per heavy atom. The van der Waals surface area contributed by atoms with Crippen molar-refractivity contribution in [2.45, 2.75) is 37.2 Å². The van der Waals surface area contributed by atoms with Crippen molar-refractivity contribution in [1.82, 2.24) is 9.62 Å². The number of aryl methyl sites for hydroxylation is 1. The molecule has 108 valence electrons. The smallest absolute Gasteiger partial charge is 0.243 e. The zero-order valence-electron chi connectivity index (χ0n) is 11.9. The normalized spacial score (nSPS) is 15.3. The third-order valence-electron chi connectivity index (χ3n) is 3.43. The molecule has 1 saturated carbocycles. The van der Waals surface area contributed by atoms with Gasteiger partial charge in [0.25, 0.3) is 0 Å². The van der Waals surface area contributed by atoms with Gasteiger partial charge in [0.1, 0.15) is 0 Å². The van der Waals surface area contributed by atoms with E-state index in [2.05, 4.69) is 11.2 Å². The highest BCUT2D eigenvalue weighted by molar-refractivity contribution is 7.89. The van der Waals surface area contributed by atoms with Gasteiger partial charge >= 0.3 is 0 Å². The maximum absolute atomic E-state index is 12.5. The van der Waals surface area contributed by atoms with Crippen LogP contribution in [0.3, 0.4) is 0 Å². The Kier molecular flexibility index (Phi) is 4.48. The second-order valence-electron chi connectivity index (χ2n) is 5.22. The van der Waals surface area contributed by atoms with Crippen LogP contribution in [-0.4, -0.2) is 32.4 Å². The summed E-state index contributed by atoms with van der Waals surface area (Å²) < 4.78 is 26.1. The Morgan fingerprint density at radius 1 is 1.45 bits per heavy atom. The monoisotopic (exact) mass is 292 g/mol. The van der Waals surface area contributed by atoms with Gasteiger partial charge in [-0.05, 0) is 37.0 Å². The van der Waals surface area contributed by atoms with E-state index in [9.17, 15) is 8.42 Å². The van der Waals surface area contributed by atoms with E-state index in [1.807, 2.05) is 12.1 Å². The highest BCUT2D eigenvalue weighted by atomic mass is 32.2. The molecule has 1 aromatic carbocycles. The zero-order chi connectivity index (χ0) is 14.8. The molecule has 5 heteroatoms. The molecule has 4 nitrogen and oxygen atoms in total. The summed E-state index contributed by atoms with van der Waals surface area (Å²) in [6.07, 6.45) is 7.61. The minimum Gasteiger partial charge on any atom is -0.310 e. The molecule has 0 saturated heterocycles. The van der Waals surface area contributed by atoms with Gasteiger partial charge < -0.3 is 5.32 Å². The van der Waals surface area contributed by atoms with Crippen LogP contribution in [0.25, 0.3) is 0 Å². The number of sulfonamides is 1. The summed E-state index contributed by atoms with van der Waals surface area (Å²) in [5, 5.41) is 3.38. The maximum Gasteiger partial charge on any atom is 0.243 e. The third kappa shape index (κ3) is 3.40. The first-order valence-corrected chi connectivity index (χ1v) is 8.12. The van der Waals surface area contributed by atoms with Crippen LogP contribution in [0.2, 0.25) is 0 Å². The molecule has 1 fully saturated rings. The molecule has 1 aliphatic carbocycles. The van der Waals surface area contributed by atoms with Gasteiger partial charge in [0, 0.05) is 19.6 Å².